The third-order valence-electron chi connectivity index (χ3n) is 4.34. The smallest absolute Gasteiger partial charge is 0.0959 e. The zero-order chi connectivity index (χ0) is 12.4. The highest BCUT2D eigenvalue weighted by molar-refractivity contribution is 7.11. The zero-order valence-electron chi connectivity index (χ0n) is 10.8. The maximum absolute atomic E-state index is 9.34. The van der Waals surface area contributed by atoms with Crippen LogP contribution < -0.4 is 0 Å². The summed E-state index contributed by atoms with van der Waals surface area (Å²) in [6.45, 7) is 2.41. The van der Waals surface area contributed by atoms with Crippen molar-refractivity contribution in [3.8, 4) is 0 Å². The molecular weight excluding hydrogens is 244 g/mol. The van der Waals surface area contributed by atoms with Crippen molar-refractivity contribution in [3.05, 3.63) is 16.1 Å². The van der Waals surface area contributed by atoms with E-state index in [2.05, 4.69) is 16.1 Å². The molecule has 1 aromatic heterocycles. The number of hydrogen-bond donors (Lipinski definition) is 1. The van der Waals surface area contributed by atoms with E-state index in [1.54, 1.807) is 0 Å². The fourth-order valence-corrected chi connectivity index (χ4v) is 4.38. The number of aliphatic hydroxyl groups excluding tert-OH is 1. The summed E-state index contributed by atoms with van der Waals surface area (Å²) in [6.07, 6.45) is 9.83. The minimum atomic E-state index is 0.300. The van der Waals surface area contributed by atoms with Crippen molar-refractivity contribution < 1.29 is 5.11 Å². The Kier molecular flexibility index (Phi) is 3.97. The molecule has 1 saturated carbocycles. The molecule has 2 fully saturated rings. The first kappa shape index (κ1) is 12.6. The Morgan fingerprint density at radius 1 is 1.28 bits per heavy atom. The maximum Gasteiger partial charge on any atom is 0.0959 e. The molecule has 0 bridgehead atoms. The number of aromatic nitrogens is 1. The van der Waals surface area contributed by atoms with Crippen LogP contribution in [0.3, 0.4) is 0 Å². The van der Waals surface area contributed by atoms with E-state index in [1.165, 1.54) is 42.0 Å². The molecule has 1 saturated heterocycles. The second-order valence-electron chi connectivity index (χ2n) is 5.60. The van der Waals surface area contributed by atoms with E-state index in [0.717, 1.165) is 25.4 Å². The van der Waals surface area contributed by atoms with Crippen LogP contribution in [0, 0.1) is 0 Å². The second kappa shape index (κ2) is 5.68. The van der Waals surface area contributed by atoms with Crippen LogP contribution in [0.1, 0.15) is 54.3 Å². The van der Waals surface area contributed by atoms with Gasteiger partial charge in [-0.3, -0.25) is 4.90 Å². The molecule has 2 heterocycles. The fraction of sp³-hybridized carbons (Fsp3) is 0.786. The van der Waals surface area contributed by atoms with Gasteiger partial charge in [-0.1, -0.05) is 12.8 Å². The van der Waals surface area contributed by atoms with Gasteiger partial charge in [0.05, 0.1) is 11.6 Å². The Morgan fingerprint density at radius 3 is 2.89 bits per heavy atom. The summed E-state index contributed by atoms with van der Waals surface area (Å²) in [7, 11) is 0. The zero-order valence-corrected chi connectivity index (χ0v) is 11.7. The molecule has 1 atom stereocenters. The van der Waals surface area contributed by atoms with Gasteiger partial charge in [0.2, 0.25) is 0 Å². The molecule has 0 unspecified atom stereocenters. The average Bonchev–Trinajstić information content (AvgIpc) is 3.10. The van der Waals surface area contributed by atoms with E-state index in [9.17, 15) is 5.11 Å². The highest BCUT2D eigenvalue weighted by Crippen LogP contribution is 2.36. The molecule has 1 aromatic rings. The van der Waals surface area contributed by atoms with Gasteiger partial charge in [-0.05, 0) is 32.2 Å². The Balaban J connectivity index is 1.62. The minimum absolute atomic E-state index is 0.300. The Bertz CT molecular complexity index is 387. The number of rotatable bonds is 4. The van der Waals surface area contributed by atoms with Crippen LogP contribution in [0.2, 0.25) is 0 Å². The first-order chi connectivity index (χ1) is 8.86. The van der Waals surface area contributed by atoms with Crippen LogP contribution in [0.4, 0.5) is 0 Å². The highest BCUT2D eigenvalue weighted by atomic mass is 32.1. The standard InChI is InChI=1S/C14H22N2OS/c17-10-12-6-3-7-16(12)9-13-8-15-14(18-13)11-4-1-2-5-11/h8,11-12,17H,1-7,9-10H2/t12-/m1/s1. The fourth-order valence-electron chi connectivity index (χ4n) is 3.27. The summed E-state index contributed by atoms with van der Waals surface area (Å²) in [5.74, 6) is 0.732. The molecule has 3 nitrogen and oxygen atoms in total. The quantitative estimate of drug-likeness (QED) is 0.910. The van der Waals surface area contributed by atoms with E-state index in [1.807, 2.05) is 11.3 Å². The predicted octanol–water partition coefficient (Wildman–Crippen LogP) is 2.76. The number of hydrogen-bond acceptors (Lipinski definition) is 4. The summed E-state index contributed by atoms with van der Waals surface area (Å²) in [6, 6.07) is 0.377. The number of thiazole rings is 1. The molecule has 1 N–H and O–H groups in total. The maximum atomic E-state index is 9.34. The van der Waals surface area contributed by atoms with Crippen molar-refractivity contribution in [2.75, 3.05) is 13.2 Å². The second-order valence-corrected chi connectivity index (χ2v) is 6.74. The largest absolute Gasteiger partial charge is 0.395 e. The van der Waals surface area contributed by atoms with Gasteiger partial charge in [-0.25, -0.2) is 4.98 Å². The third kappa shape index (κ3) is 2.60. The third-order valence-corrected chi connectivity index (χ3v) is 5.49. The number of likely N-dealkylation sites (tertiary alicyclic amines) is 1. The molecule has 0 aromatic carbocycles. The number of aliphatic hydroxyl groups is 1. The first-order valence-electron chi connectivity index (χ1n) is 7.16. The van der Waals surface area contributed by atoms with Crippen molar-refractivity contribution >= 4 is 11.3 Å². The molecule has 2 aliphatic rings. The van der Waals surface area contributed by atoms with Crippen LogP contribution in [0.5, 0.6) is 0 Å². The van der Waals surface area contributed by atoms with E-state index in [-0.39, 0.29) is 0 Å². The molecule has 0 amide bonds. The van der Waals surface area contributed by atoms with Crippen LogP contribution in [-0.4, -0.2) is 34.2 Å². The predicted molar refractivity (Wildman–Crippen MR) is 73.8 cm³/mol. The Labute approximate surface area is 113 Å². The van der Waals surface area contributed by atoms with Crippen molar-refractivity contribution in [2.45, 2.75) is 57.0 Å². The van der Waals surface area contributed by atoms with Gasteiger partial charge < -0.3 is 5.11 Å². The van der Waals surface area contributed by atoms with Crippen LogP contribution >= 0.6 is 11.3 Å². The van der Waals surface area contributed by atoms with Crippen molar-refractivity contribution in [1.82, 2.24) is 9.88 Å². The molecule has 100 valence electrons. The van der Waals surface area contributed by atoms with Gasteiger partial charge >= 0.3 is 0 Å². The normalized spacial score (nSPS) is 26.2. The lowest BCUT2D eigenvalue weighted by atomic mass is 10.1. The molecule has 4 heteroatoms. The number of nitrogens with zero attached hydrogens (tertiary/aromatic N) is 2. The summed E-state index contributed by atoms with van der Waals surface area (Å²) in [4.78, 5) is 8.40. The lowest BCUT2D eigenvalue weighted by Crippen LogP contribution is -2.31. The lowest BCUT2D eigenvalue weighted by molar-refractivity contribution is 0.154. The SMILES string of the molecule is OC[C@H]1CCCN1Cc1cnc(C2CCCC2)s1. The molecule has 1 aliphatic carbocycles. The van der Waals surface area contributed by atoms with Crippen molar-refractivity contribution in [1.29, 1.82) is 0 Å². The molecule has 1 aliphatic heterocycles. The average molecular weight is 266 g/mol. The van der Waals surface area contributed by atoms with Crippen LogP contribution in [-0.2, 0) is 6.54 Å². The van der Waals surface area contributed by atoms with Crippen LogP contribution in [0.25, 0.3) is 0 Å². The Morgan fingerprint density at radius 2 is 2.11 bits per heavy atom. The van der Waals surface area contributed by atoms with Gasteiger partial charge in [0.25, 0.3) is 0 Å². The van der Waals surface area contributed by atoms with Crippen molar-refractivity contribution in [2.24, 2.45) is 0 Å². The monoisotopic (exact) mass is 266 g/mol. The highest BCUT2D eigenvalue weighted by Gasteiger charge is 2.25. The molecule has 0 radical (unpaired) electrons. The lowest BCUT2D eigenvalue weighted by Gasteiger charge is -2.21. The van der Waals surface area contributed by atoms with Crippen LogP contribution in [0.15, 0.2) is 6.20 Å². The minimum Gasteiger partial charge on any atom is -0.395 e. The molecule has 3 rings (SSSR count). The van der Waals surface area contributed by atoms with E-state index >= 15 is 0 Å². The summed E-state index contributed by atoms with van der Waals surface area (Å²) in [5.41, 5.74) is 0. The van der Waals surface area contributed by atoms with Gasteiger partial charge in [0.1, 0.15) is 0 Å². The van der Waals surface area contributed by atoms with Gasteiger partial charge in [-0.15, -0.1) is 11.3 Å². The summed E-state index contributed by atoms with van der Waals surface area (Å²) in [5, 5.41) is 10.7. The van der Waals surface area contributed by atoms with Gasteiger partial charge in [-0.2, -0.15) is 0 Å². The Hall–Kier alpha value is -0.450. The topological polar surface area (TPSA) is 36.4 Å². The van der Waals surface area contributed by atoms with Gasteiger partial charge in [0, 0.05) is 29.6 Å². The summed E-state index contributed by atoms with van der Waals surface area (Å²) >= 11 is 1.90. The van der Waals surface area contributed by atoms with E-state index in [0.29, 0.717) is 12.6 Å². The van der Waals surface area contributed by atoms with E-state index in [4.69, 9.17) is 0 Å². The molecular formula is C14H22N2OS. The van der Waals surface area contributed by atoms with Crippen molar-refractivity contribution in [3.63, 3.8) is 0 Å². The summed E-state index contributed by atoms with van der Waals surface area (Å²) < 4.78 is 0. The molecule has 18 heavy (non-hydrogen) atoms. The van der Waals surface area contributed by atoms with E-state index < -0.39 is 0 Å². The molecule has 0 spiro atoms. The first-order valence-corrected chi connectivity index (χ1v) is 7.98. The van der Waals surface area contributed by atoms with Gasteiger partial charge in [0.15, 0.2) is 0 Å².